The van der Waals surface area contributed by atoms with Crippen LogP contribution < -0.4 is 0 Å². The van der Waals surface area contributed by atoms with Crippen molar-refractivity contribution in [2.24, 2.45) is 0 Å². The molecule has 1 atom stereocenters. The van der Waals surface area contributed by atoms with Gasteiger partial charge >= 0.3 is 30.2 Å². The maximum atomic E-state index is 14.1. The molecule has 0 aromatic rings. The van der Waals surface area contributed by atoms with Crippen molar-refractivity contribution in [2.75, 3.05) is 26.3 Å². The third kappa shape index (κ3) is 3.78. The standard InChI is InChI=1S/C11H10F11NO2/c1-6(7(12,13)14)25-11(21,22)8(15,9(16,17)18)10(19,20)23-2-4-24-5-3-23/h1-5H2. The number of ether oxygens (including phenoxy) is 2. The Morgan fingerprint density at radius 2 is 1.28 bits per heavy atom. The van der Waals surface area contributed by atoms with E-state index in [4.69, 9.17) is 0 Å². The summed E-state index contributed by atoms with van der Waals surface area (Å²) in [5.41, 5.74) is -6.79. The van der Waals surface area contributed by atoms with Gasteiger partial charge in [-0.25, -0.2) is 9.29 Å². The number of halogens is 11. The summed E-state index contributed by atoms with van der Waals surface area (Å²) >= 11 is 0. The van der Waals surface area contributed by atoms with Crippen LogP contribution in [0.25, 0.3) is 0 Å². The Bertz CT molecular complexity index is 495. The Kier molecular flexibility index (Phi) is 5.60. The van der Waals surface area contributed by atoms with Crippen LogP contribution in [0.2, 0.25) is 0 Å². The lowest BCUT2D eigenvalue weighted by Gasteiger charge is -2.44. The fraction of sp³-hybridized carbons (Fsp3) is 0.818. The fourth-order valence-electron chi connectivity index (χ4n) is 1.86. The van der Waals surface area contributed by atoms with Crippen molar-refractivity contribution < 1.29 is 57.8 Å². The van der Waals surface area contributed by atoms with E-state index in [0.29, 0.717) is 0 Å². The van der Waals surface area contributed by atoms with Gasteiger partial charge in [0.15, 0.2) is 5.76 Å². The first-order valence-corrected chi connectivity index (χ1v) is 6.27. The summed E-state index contributed by atoms with van der Waals surface area (Å²) in [4.78, 5) is -0.613. The van der Waals surface area contributed by atoms with E-state index in [-0.39, 0.29) is 0 Å². The van der Waals surface area contributed by atoms with Crippen LogP contribution in [0, 0.1) is 0 Å². The van der Waals surface area contributed by atoms with Gasteiger partial charge in [-0.05, 0) is 0 Å². The highest BCUT2D eigenvalue weighted by molar-refractivity contribution is 5.08. The van der Waals surface area contributed by atoms with Crippen LogP contribution in [-0.2, 0) is 9.47 Å². The summed E-state index contributed by atoms with van der Waals surface area (Å²) in [7, 11) is 0. The van der Waals surface area contributed by atoms with Gasteiger partial charge in [0.1, 0.15) is 0 Å². The second-order valence-electron chi connectivity index (χ2n) is 4.84. The first kappa shape index (κ1) is 21.7. The maximum Gasteiger partial charge on any atom is 0.450 e. The van der Waals surface area contributed by atoms with E-state index in [2.05, 4.69) is 9.47 Å². The quantitative estimate of drug-likeness (QED) is 0.400. The number of rotatable bonds is 5. The number of hydrogen-bond acceptors (Lipinski definition) is 3. The number of nitrogens with zero attached hydrogens (tertiary/aromatic N) is 1. The third-order valence-corrected chi connectivity index (χ3v) is 3.18. The molecule has 0 spiro atoms. The Labute approximate surface area is 133 Å². The van der Waals surface area contributed by atoms with Gasteiger partial charge in [-0.15, -0.1) is 0 Å². The summed E-state index contributed by atoms with van der Waals surface area (Å²) in [6, 6.07) is -5.97. The average Bonchev–Trinajstić information content (AvgIpc) is 2.44. The van der Waals surface area contributed by atoms with Crippen LogP contribution in [-0.4, -0.2) is 61.4 Å². The molecular weight excluding hydrogens is 387 g/mol. The molecule has 0 radical (unpaired) electrons. The van der Waals surface area contributed by atoms with Gasteiger partial charge in [0.05, 0.1) is 13.2 Å². The van der Waals surface area contributed by atoms with Gasteiger partial charge < -0.3 is 9.47 Å². The second-order valence-corrected chi connectivity index (χ2v) is 4.84. The molecular formula is C11H10F11NO2. The molecule has 0 bridgehead atoms. The highest BCUT2D eigenvalue weighted by Gasteiger charge is 2.87. The third-order valence-electron chi connectivity index (χ3n) is 3.18. The Balaban J connectivity index is 3.36. The van der Waals surface area contributed by atoms with Crippen LogP contribution in [0.5, 0.6) is 0 Å². The van der Waals surface area contributed by atoms with E-state index in [1.807, 2.05) is 6.58 Å². The van der Waals surface area contributed by atoms with Gasteiger partial charge in [-0.1, -0.05) is 6.58 Å². The largest absolute Gasteiger partial charge is 0.450 e. The monoisotopic (exact) mass is 397 g/mol. The SMILES string of the molecule is C=C(OC(F)(F)C(F)(C(F)(F)F)C(F)(F)N1CCOCC1)C(F)(F)F. The minimum Gasteiger partial charge on any atom is -0.425 e. The number of allylic oxidation sites excluding steroid dienone is 1. The Morgan fingerprint density at radius 1 is 0.840 bits per heavy atom. The lowest BCUT2D eigenvalue weighted by Crippen LogP contribution is -2.72. The van der Waals surface area contributed by atoms with Crippen LogP contribution in [0.15, 0.2) is 12.3 Å². The number of alkyl halides is 11. The molecule has 1 rings (SSSR count). The molecule has 1 fully saturated rings. The lowest BCUT2D eigenvalue weighted by atomic mass is 9.99. The average molecular weight is 397 g/mol. The number of morpholine rings is 1. The van der Waals surface area contributed by atoms with Crippen LogP contribution in [0.4, 0.5) is 48.3 Å². The first-order valence-electron chi connectivity index (χ1n) is 6.27. The molecule has 3 nitrogen and oxygen atoms in total. The van der Waals surface area contributed by atoms with Crippen LogP contribution in [0.3, 0.4) is 0 Å². The summed E-state index contributed by atoms with van der Waals surface area (Å²) in [6.07, 6.45) is -19.5. The summed E-state index contributed by atoms with van der Waals surface area (Å²) in [5.74, 6) is -2.97. The topological polar surface area (TPSA) is 21.7 Å². The zero-order valence-electron chi connectivity index (χ0n) is 12.0. The molecule has 1 heterocycles. The molecule has 1 unspecified atom stereocenters. The molecule has 1 saturated heterocycles. The molecule has 0 aromatic heterocycles. The second kappa shape index (κ2) is 6.45. The Morgan fingerprint density at radius 3 is 1.64 bits per heavy atom. The predicted molar refractivity (Wildman–Crippen MR) is 58.5 cm³/mol. The van der Waals surface area contributed by atoms with Crippen molar-refractivity contribution in [3.05, 3.63) is 12.3 Å². The molecule has 1 aliphatic rings. The maximum absolute atomic E-state index is 14.1. The van der Waals surface area contributed by atoms with Gasteiger partial charge in [-0.3, -0.25) is 0 Å². The van der Waals surface area contributed by atoms with E-state index in [1.165, 1.54) is 0 Å². The van der Waals surface area contributed by atoms with E-state index in [9.17, 15) is 48.3 Å². The van der Waals surface area contributed by atoms with Crippen molar-refractivity contribution in [2.45, 2.75) is 30.2 Å². The van der Waals surface area contributed by atoms with Crippen molar-refractivity contribution in [1.29, 1.82) is 0 Å². The molecule has 14 heteroatoms. The predicted octanol–water partition coefficient (Wildman–Crippen LogP) is 3.87. The highest BCUT2D eigenvalue weighted by Crippen LogP contribution is 2.56. The smallest absolute Gasteiger partial charge is 0.425 e. The summed E-state index contributed by atoms with van der Waals surface area (Å²) in [5, 5.41) is 0. The minimum absolute atomic E-state index is 0.613. The van der Waals surface area contributed by atoms with Crippen molar-refractivity contribution >= 4 is 0 Å². The molecule has 0 saturated carbocycles. The van der Waals surface area contributed by atoms with Gasteiger partial charge in [-0.2, -0.15) is 43.9 Å². The molecule has 0 N–H and O–H groups in total. The normalized spacial score (nSPS) is 20.9. The van der Waals surface area contributed by atoms with E-state index < -0.39 is 67.1 Å². The van der Waals surface area contributed by atoms with Crippen molar-refractivity contribution in [3.63, 3.8) is 0 Å². The van der Waals surface area contributed by atoms with Gasteiger partial charge in [0, 0.05) is 13.1 Å². The Hall–Kier alpha value is -1.31. The highest BCUT2D eigenvalue weighted by atomic mass is 19.4. The van der Waals surface area contributed by atoms with Crippen molar-refractivity contribution in [3.8, 4) is 0 Å². The molecule has 0 aromatic carbocycles. The summed E-state index contributed by atoms with van der Waals surface area (Å²) in [6.45, 7) is -1.56. The molecule has 148 valence electrons. The van der Waals surface area contributed by atoms with Gasteiger partial charge in [0.25, 0.3) is 0 Å². The van der Waals surface area contributed by atoms with Crippen LogP contribution >= 0.6 is 0 Å². The molecule has 0 amide bonds. The van der Waals surface area contributed by atoms with E-state index in [0.717, 1.165) is 0 Å². The van der Waals surface area contributed by atoms with Crippen molar-refractivity contribution in [1.82, 2.24) is 4.90 Å². The van der Waals surface area contributed by atoms with E-state index in [1.54, 1.807) is 0 Å². The zero-order chi connectivity index (χ0) is 19.9. The summed E-state index contributed by atoms with van der Waals surface area (Å²) < 4.78 is 151. The molecule has 1 aliphatic heterocycles. The van der Waals surface area contributed by atoms with Crippen LogP contribution in [0.1, 0.15) is 0 Å². The first-order chi connectivity index (χ1) is 11.0. The molecule has 25 heavy (non-hydrogen) atoms. The van der Waals surface area contributed by atoms with Gasteiger partial charge in [0.2, 0.25) is 0 Å². The number of hydrogen-bond donors (Lipinski definition) is 0. The minimum atomic E-state index is -7.00. The zero-order valence-corrected chi connectivity index (χ0v) is 12.0. The lowest BCUT2D eigenvalue weighted by molar-refractivity contribution is -0.447. The molecule has 0 aliphatic carbocycles. The van der Waals surface area contributed by atoms with E-state index >= 15 is 0 Å². The fourth-order valence-corrected chi connectivity index (χ4v) is 1.86.